The van der Waals surface area contributed by atoms with E-state index in [4.69, 9.17) is 5.11 Å². The van der Waals surface area contributed by atoms with E-state index >= 15 is 0 Å². The molecular formula is C11H16N2O. The molecule has 1 heterocycles. The lowest BCUT2D eigenvalue weighted by atomic mass is 10.2. The summed E-state index contributed by atoms with van der Waals surface area (Å²) in [5.41, 5.74) is 2.29. The van der Waals surface area contributed by atoms with Gasteiger partial charge in [0.1, 0.15) is 0 Å². The zero-order valence-corrected chi connectivity index (χ0v) is 8.45. The number of aromatic nitrogens is 1. The third kappa shape index (κ3) is 1.94. The summed E-state index contributed by atoms with van der Waals surface area (Å²) < 4.78 is 0. The van der Waals surface area contributed by atoms with Gasteiger partial charge in [0.15, 0.2) is 0 Å². The number of nitrogens with one attached hydrogen (secondary N) is 1. The van der Waals surface area contributed by atoms with Gasteiger partial charge in [-0.25, -0.2) is 0 Å². The summed E-state index contributed by atoms with van der Waals surface area (Å²) in [6.45, 7) is 3.06. The number of aryl methyl sites for hydroxylation is 1. The lowest BCUT2D eigenvalue weighted by molar-refractivity contribution is 0.229. The molecule has 0 bridgehead atoms. The van der Waals surface area contributed by atoms with Crippen molar-refractivity contribution in [1.29, 1.82) is 0 Å². The topological polar surface area (TPSA) is 45.2 Å². The molecule has 2 N–H and O–H groups in total. The van der Waals surface area contributed by atoms with Crippen LogP contribution in [-0.4, -0.2) is 22.2 Å². The van der Waals surface area contributed by atoms with Crippen LogP contribution in [0.25, 0.3) is 0 Å². The predicted molar refractivity (Wildman–Crippen MR) is 54.9 cm³/mol. The Morgan fingerprint density at radius 2 is 2.36 bits per heavy atom. The summed E-state index contributed by atoms with van der Waals surface area (Å²) in [7, 11) is 0. The molecule has 1 saturated carbocycles. The molecule has 0 saturated heterocycles. The first-order valence-electron chi connectivity index (χ1n) is 5.02. The average molecular weight is 192 g/mol. The summed E-state index contributed by atoms with van der Waals surface area (Å²) in [5.74, 6) is 0. The Balaban J connectivity index is 1.95. The summed E-state index contributed by atoms with van der Waals surface area (Å²) in [6.07, 6.45) is 3.98. The Morgan fingerprint density at radius 3 is 2.93 bits per heavy atom. The minimum atomic E-state index is 0.0162. The van der Waals surface area contributed by atoms with E-state index in [0.29, 0.717) is 0 Å². The SMILES string of the molecule is Cc1ncccc1CNC1(CO)CC1. The van der Waals surface area contributed by atoms with Gasteiger partial charge >= 0.3 is 0 Å². The van der Waals surface area contributed by atoms with E-state index in [0.717, 1.165) is 25.1 Å². The summed E-state index contributed by atoms with van der Waals surface area (Å²) in [5, 5.41) is 12.5. The van der Waals surface area contributed by atoms with Gasteiger partial charge in [-0.3, -0.25) is 4.98 Å². The summed E-state index contributed by atoms with van der Waals surface area (Å²) in [6, 6.07) is 4.02. The molecule has 0 spiro atoms. The monoisotopic (exact) mass is 192 g/mol. The van der Waals surface area contributed by atoms with E-state index in [1.807, 2.05) is 13.0 Å². The number of pyridine rings is 1. The van der Waals surface area contributed by atoms with Crippen molar-refractivity contribution >= 4 is 0 Å². The Morgan fingerprint density at radius 1 is 1.57 bits per heavy atom. The van der Waals surface area contributed by atoms with E-state index in [9.17, 15) is 0 Å². The molecule has 1 aliphatic rings. The molecule has 0 radical (unpaired) electrons. The molecule has 3 heteroatoms. The van der Waals surface area contributed by atoms with Crippen LogP contribution in [0.5, 0.6) is 0 Å². The first-order valence-corrected chi connectivity index (χ1v) is 5.02. The maximum Gasteiger partial charge on any atom is 0.0613 e. The molecule has 0 unspecified atom stereocenters. The second kappa shape index (κ2) is 3.67. The van der Waals surface area contributed by atoms with Gasteiger partial charge in [0.2, 0.25) is 0 Å². The molecular weight excluding hydrogens is 176 g/mol. The highest BCUT2D eigenvalue weighted by molar-refractivity contribution is 5.19. The van der Waals surface area contributed by atoms with E-state index < -0.39 is 0 Å². The van der Waals surface area contributed by atoms with Gasteiger partial charge in [0, 0.05) is 24.0 Å². The third-order valence-electron chi connectivity index (χ3n) is 2.93. The van der Waals surface area contributed by atoms with Gasteiger partial charge in [-0.1, -0.05) is 6.07 Å². The van der Waals surface area contributed by atoms with Gasteiger partial charge in [0.25, 0.3) is 0 Å². The predicted octanol–water partition coefficient (Wildman–Crippen LogP) is 1.00. The van der Waals surface area contributed by atoms with Crippen LogP contribution in [0.15, 0.2) is 18.3 Å². The van der Waals surface area contributed by atoms with Gasteiger partial charge in [0.05, 0.1) is 6.61 Å². The molecule has 3 nitrogen and oxygen atoms in total. The highest BCUT2D eigenvalue weighted by Crippen LogP contribution is 2.34. The number of aliphatic hydroxyl groups is 1. The van der Waals surface area contributed by atoms with Crippen LogP contribution in [0.1, 0.15) is 24.1 Å². The number of hydrogen-bond acceptors (Lipinski definition) is 3. The van der Waals surface area contributed by atoms with Crippen molar-refractivity contribution in [2.24, 2.45) is 0 Å². The van der Waals surface area contributed by atoms with Crippen LogP contribution in [0.4, 0.5) is 0 Å². The summed E-state index contributed by atoms with van der Waals surface area (Å²) in [4.78, 5) is 4.22. The normalized spacial score (nSPS) is 18.1. The van der Waals surface area contributed by atoms with Gasteiger partial charge in [-0.05, 0) is 31.4 Å². The van der Waals surface area contributed by atoms with Crippen LogP contribution in [0, 0.1) is 6.92 Å². The Kier molecular flexibility index (Phi) is 2.52. The molecule has 1 aromatic rings. The molecule has 0 aromatic carbocycles. The Labute approximate surface area is 84.2 Å². The van der Waals surface area contributed by atoms with E-state index in [2.05, 4.69) is 16.4 Å². The van der Waals surface area contributed by atoms with Crippen molar-refractivity contribution in [3.05, 3.63) is 29.6 Å². The minimum Gasteiger partial charge on any atom is -0.394 e. The van der Waals surface area contributed by atoms with Crippen molar-refractivity contribution in [2.45, 2.75) is 31.8 Å². The molecule has 1 fully saturated rings. The lowest BCUT2D eigenvalue weighted by Crippen LogP contribution is -2.34. The summed E-state index contributed by atoms with van der Waals surface area (Å²) >= 11 is 0. The van der Waals surface area contributed by atoms with Crippen LogP contribution < -0.4 is 5.32 Å². The van der Waals surface area contributed by atoms with Crippen LogP contribution >= 0.6 is 0 Å². The zero-order valence-electron chi connectivity index (χ0n) is 8.45. The Bertz CT molecular complexity index is 321. The number of nitrogens with zero attached hydrogens (tertiary/aromatic N) is 1. The van der Waals surface area contributed by atoms with Crippen LogP contribution in [-0.2, 0) is 6.54 Å². The van der Waals surface area contributed by atoms with Gasteiger partial charge in [-0.2, -0.15) is 0 Å². The first-order chi connectivity index (χ1) is 6.76. The fourth-order valence-electron chi connectivity index (χ4n) is 1.53. The molecule has 14 heavy (non-hydrogen) atoms. The number of rotatable bonds is 4. The molecule has 0 aliphatic heterocycles. The van der Waals surface area contributed by atoms with E-state index in [-0.39, 0.29) is 12.1 Å². The van der Waals surface area contributed by atoms with Crippen molar-refractivity contribution in [2.75, 3.05) is 6.61 Å². The van der Waals surface area contributed by atoms with Crippen molar-refractivity contribution in [3.63, 3.8) is 0 Å². The largest absolute Gasteiger partial charge is 0.394 e. The molecule has 0 amide bonds. The highest BCUT2D eigenvalue weighted by Gasteiger charge is 2.41. The Hall–Kier alpha value is -0.930. The maximum atomic E-state index is 9.13. The van der Waals surface area contributed by atoms with Crippen molar-refractivity contribution in [3.8, 4) is 0 Å². The van der Waals surface area contributed by atoms with E-state index in [1.54, 1.807) is 6.20 Å². The number of hydrogen-bond donors (Lipinski definition) is 2. The second-order valence-electron chi connectivity index (χ2n) is 4.04. The third-order valence-corrected chi connectivity index (χ3v) is 2.93. The lowest BCUT2D eigenvalue weighted by Gasteiger charge is -2.14. The quantitative estimate of drug-likeness (QED) is 0.748. The average Bonchev–Trinajstić information content (AvgIpc) is 2.98. The van der Waals surface area contributed by atoms with Gasteiger partial charge < -0.3 is 10.4 Å². The van der Waals surface area contributed by atoms with Crippen LogP contribution in [0.3, 0.4) is 0 Å². The number of aliphatic hydroxyl groups excluding tert-OH is 1. The van der Waals surface area contributed by atoms with E-state index in [1.165, 1.54) is 5.56 Å². The fourth-order valence-corrected chi connectivity index (χ4v) is 1.53. The molecule has 1 aliphatic carbocycles. The molecule has 1 aromatic heterocycles. The van der Waals surface area contributed by atoms with Crippen molar-refractivity contribution < 1.29 is 5.11 Å². The zero-order chi connectivity index (χ0) is 10.0. The standard InChI is InChI=1S/C11H16N2O/c1-9-10(3-2-6-12-9)7-13-11(8-14)4-5-11/h2-3,6,13-14H,4-5,7-8H2,1H3. The first kappa shape index (κ1) is 9.62. The minimum absolute atomic E-state index is 0.0162. The highest BCUT2D eigenvalue weighted by atomic mass is 16.3. The smallest absolute Gasteiger partial charge is 0.0613 e. The maximum absolute atomic E-state index is 9.13. The van der Waals surface area contributed by atoms with Gasteiger partial charge in [-0.15, -0.1) is 0 Å². The van der Waals surface area contributed by atoms with Crippen LogP contribution in [0.2, 0.25) is 0 Å². The van der Waals surface area contributed by atoms with Crippen molar-refractivity contribution in [1.82, 2.24) is 10.3 Å². The molecule has 76 valence electrons. The fraction of sp³-hybridized carbons (Fsp3) is 0.545. The second-order valence-corrected chi connectivity index (χ2v) is 4.04. The molecule has 0 atom stereocenters. The molecule has 2 rings (SSSR count).